The quantitative estimate of drug-likeness (QED) is 0.337. The molecule has 11 heteroatoms. The maximum Gasteiger partial charge on any atom is 0.240 e. The fraction of sp³-hybridized carbons (Fsp3) is 0.375. The van der Waals surface area contributed by atoms with Gasteiger partial charge in [0.15, 0.2) is 0 Å². The molecule has 0 saturated heterocycles. The Morgan fingerprint density at radius 2 is 1.91 bits per heavy atom. The molecule has 5 rings (SSSR count). The molecule has 2 unspecified atom stereocenters. The highest BCUT2D eigenvalue weighted by Crippen LogP contribution is 2.32. The molecule has 1 aliphatic carbocycles. The Morgan fingerprint density at radius 1 is 1.11 bits per heavy atom. The first-order chi connectivity index (χ1) is 16.9. The first-order valence-corrected chi connectivity index (χ1v) is 14.0. The lowest BCUT2D eigenvalue weighted by Crippen LogP contribution is -2.38. The summed E-state index contributed by atoms with van der Waals surface area (Å²) in [5.74, 6) is 0.273. The van der Waals surface area contributed by atoms with Gasteiger partial charge >= 0.3 is 0 Å². The second kappa shape index (κ2) is 9.89. The molecule has 1 saturated carbocycles. The predicted octanol–water partition coefficient (Wildman–Crippen LogP) is 5.01. The number of rotatable bonds is 7. The molecule has 3 heterocycles. The van der Waals surface area contributed by atoms with Crippen molar-refractivity contribution < 1.29 is 8.42 Å². The van der Waals surface area contributed by atoms with E-state index in [1.807, 2.05) is 34.2 Å². The third-order valence-corrected chi connectivity index (χ3v) is 8.51. The summed E-state index contributed by atoms with van der Waals surface area (Å²) in [5, 5.41) is 8.30. The van der Waals surface area contributed by atoms with Crippen molar-refractivity contribution in [3.63, 3.8) is 0 Å². The highest BCUT2D eigenvalue weighted by Gasteiger charge is 2.28. The molecule has 1 fully saturated rings. The van der Waals surface area contributed by atoms with Gasteiger partial charge in [0.2, 0.25) is 10.0 Å². The number of hydrogen-bond donors (Lipinski definition) is 1. The number of pyridine rings is 1. The first kappa shape index (κ1) is 24.2. The Balaban J connectivity index is 1.49. The summed E-state index contributed by atoms with van der Waals surface area (Å²) in [5.41, 5.74) is 3.81. The molecular weight excluding hydrogens is 507 g/mol. The Kier molecular flexibility index (Phi) is 6.85. The van der Waals surface area contributed by atoms with Gasteiger partial charge in [0.1, 0.15) is 18.3 Å². The van der Waals surface area contributed by atoms with Crippen LogP contribution in [0, 0.1) is 0 Å². The molecule has 184 valence electrons. The van der Waals surface area contributed by atoms with Gasteiger partial charge in [-0.05, 0) is 61.4 Å². The van der Waals surface area contributed by atoms with E-state index in [1.54, 1.807) is 31.0 Å². The smallest absolute Gasteiger partial charge is 0.240 e. The fourth-order valence-electron chi connectivity index (χ4n) is 4.79. The molecule has 0 amide bonds. The molecule has 0 spiro atoms. The van der Waals surface area contributed by atoms with Crippen molar-refractivity contribution in [2.24, 2.45) is 0 Å². The molecule has 0 bridgehead atoms. The summed E-state index contributed by atoms with van der Waals surface area (Å²) in [4.78, 5) is 4.85. The first-order valence-electron chi connectivity index (χ1n) is 11.6. The van der Waals surface area contributed by atoms with Crippen LogP contribution in [0.4, 0.5) is 0 Å². The van der Waals surface area contributed by atoms with E-state index in [2.05, 4.69) is 19.9 Å². The van der Waals surface area contributed by atoms with Gasteiger partial charge < -0.3 is 8.97 Å². The van der Waals surface area contributed by atoms with Crippen LogP contribution in [0.1, 0.15) is 49.9 Å². The average Bonchev–Trinajstić information content (AvgIpc) is 3.53. The van der Waals surface area contributed by atoms with Crippen LogP contribution in [-0.2, 0) is 22.3 Å². The van der Waals surface area contributed by atoms with Gasteiger partial charge in [-0.2, -0.15) is 0 Å². The van der Waals surface area contributed by atoms with Crippen molar-refractivity contribution in [3.05, 3.63) is 65.6 Å². The monoisotopic (exact) mass is 532 g/mol. The van der Waals surface area contributed by atoms with E-state index in [4.69, 9.17) is 23.2 Å². The van der Waals surface area contributed by atoms with Gasteiger partial charge in [-0.3, -0.25) is 0 Å². The van der Waals surface area contributed by atoms with Crippen LogP contribution >= 0.6 is 23.2 Å². The van der Waals surface area contributed by atoms with Crippen LogP contribution < -0.4 is 4.72 Å². The van der Waals surface area contributed by atoms with Crippen molar-refractivity contribution in [1.82, 2.24) is 28.9 Å². The van der Waals surface area contributed by atoms with Crippen molar-refractivity contribution >= 4 is 38.9 Å². The second-order valence-electron chi connectivity index (χ2n) is 8.94. The number of nitrogens with zero attached hydrogens (tertiary/aromatic N) is 5. The van der Waals surface area contributed by atoms with E-state index in [9.17, 15) is 8.42 Å². The standard InChI is InChI=1S/C24H26Cl2N6O2S/c1-2-16-6-17(23-9-18(26)12-31-13-20(11-25)29-24(23)31)8-22(7-16)35(33,34)30-19-4-3-5-21(10-19)32-14-27-28-15-32/h6-9,12-15,19,21,30H,2-5,10-11H2,1H3. The lowest BCUT2D eigenvalue weighted by molar-refractivity contribution is 0.305. The van der Waals surface area contributed by atoms with Crippen molar-refractivity contribution in [2.75, 3.05) is 0 Å². The van der Waals surface area contributed by atoms with Crippen LogP contribution in [0.15, 0.2) is 54.2 Å². The largest absolute Gasteiger partial charge is 0.317 e. The second-order valence-corrected chi connectivity index (χ2v) is 11.4. The molecule has 1 N–H and O–H groups in total. The Hall–Kier alpha value is -2.46. The van der Waals surface area contributed by atoms with E-state index in [0.717, 1.165) is 41.6 Å². The number of imidazole rings is 1. The summed E-state index contributed by atoms with van der Waals surface area (Å²) in [6.07, 6.45) is 11.1. The van der Waals surface area contributed by atoms with E-state index >= 15 is 0 Å². The molecule has 0 aliphatic heterocycles. The van der Waals surface area contributed by atoms with Crippen molar-refractivity contribution in [2.45, 2.75) is 61.9 Å². The fourth-order valence-corrected chi connectivity index (χ4v) is 6.51. The van der Waals surface area contributed by atoms with Crippen molar-refractivity contribution in [1.29, 1.82) is 0 Å². The van der Waals surface area contributed by atoms with Gasteiger partial charge in [0.25, 0.3) is 0 Å². The lowest BCUT2D eigenvalue weighted by Gasteiger charge is -2.30. The summed E-state index contributed by atoms with van der Waals surface area (Å²) < 4.78 is 33.8. The predicted molar refractivity (Wildman–Crippen MR) is 136 cm³/mol. The van der Waals surface area contributed by atoms with Gasteiger partial charge in [-0.1, -0.05) is 24.6 Å². The van der Waals surface area contributed by atoms with Crippen LogP contribution in [0.5, 0.6) is 0 Å². The molecule has 1 aromatic carbocycles. The topological polar surface area (TPSA) is 94.2 Å². The minimum Gasteiger partial charge on any atom is -0.317 e. The molecular formula is C24H26Cl2N6O2S. The van der Waals surface area contributed by atoms with Gasteiger partial charge in [0, 0.05) is 30.0 Å². The zero-order chi connectivity index (χ0) is 24.6. The van der Waals surface area contributed by atoms with E-state index in [0.29, 0.717) is 23.5 Å². The minimum absolute atomic E-state index is 0.161. The number of aromatic nitrogens is 5. The zero-order valence-electron chi connectivity index (χ0n) is 19.2. The molecule has 8 nitrogen and oxygen atoms in total. The summed E-state index contributed by atoms with van der Waals surface area (Å²) >= 11 is 12.4. The Labute approximate surface area is 214 Å². The molecule has 1 aliphatic rings. The van der Waals surface area contributed by atoms with E-state index in [-0.39, 0.29) is 22.9 Å². The third kappa shape index (κ3) is 5.09. The average molecular weight is 533 g/mol. The molecule has 35 heavy (non-hydrogen) atoms. The van der Waals surface area contributed by atoms with Crippen LogP contribution in [0.3, 0.4) is 0 Å². The number of alkyl halides is 1. The SMILES string of the molecule is CCc1cc(-c2cc(Cl)cn3cc(CCl)nc23)cc(S(=O)(=O)NC2CCCC(n3cnnc3)C2)c1. The number of halogens is 2. The maximum absolute atomic E-state index is 13.5. The molecule has 0 radical (unpaired) electrons. The Bertz CT molecular complexity index is 1450. The molecule has 4 aromatic rings. The van der Waals surface area contributed by atoms with Gasteiger partial charge in [-0.25, -0.2) is 18.1 Å². The lowest BCUT2D eigenvalue weighted by atomic mass is 9.91. The number of hydrogen-bond acceptors (Lipinski definition) is 5. The van der Waals surface area contributed by atoms with E-state index in [1.165, 1.54) is 0 Å². The normalized spacial score (nSPS) is 18.8. The number of aryl methyl sites for hydroxylation is 1. The van der Waals surface area contributed by atoms with Crippen LogP contribution in [0.2, 0.25) is 5.02 Å². The highest BCUT2D eigenvalue weighted by atomic mass is 35.5. The summed E-state index contributed by atoms with van der Waals surface area (Å²) in [6, 6.07) is 7.26. The minimum atomic E-state index is -3.75. The summed E-state index contributed by atoms with van der Waals surface area (Å²) in [7, 11) is -3.75. The highest BCUT2D eigenvalue weighted by molar-refractivity contribution is 7.89. The Morgan fingerprint density at radius 3 is 2.66 bits per heavy atom. The van der Waals surface area contributed by atoms with E-state index < -0.39 is 10.0 Å². The summed E-state index contributed by atoms with van der Waals surface area (Å²) in [6.45, 7) is 2.00. The van der Waals surface area contributed by atoms with Crippen LogP contribution in [-0.4, -0.2) is 38.6 Å². The third-order valence-electron chi connectivity index (χ3n) is 6.53. The number of nitrogens with one attached hydrogen (secondary N) is 1. The van der Waals surface area contributed by atoms with Crippen molar-refractivity contribution in [3.8, 4) is 11.1 Å². The number of fused-ring (bicyclic) bond motifs is 1. The van der Waals surface area contributed by atoms with Gasteiger partial charge in [0.05, 0.1) is 21.5 Å². The molecule has 2 atom stereocenters. The molecule has 3 aromatic heterocycles. The zero-order valence-corrected chi connectivity index (χ0v) is 21.6. The van der Waals surface area contributed by atoms with Gasteiger partial charge in [-0.15, -0.1) is 21.8 Å². The number of benzene rings is 1. The number of sulfonamides is 1. The van der Waals surface area contributed by atoms with Crippen LogP contribution in [0.25, 0.3) is 16.8 Å². The maximum atomic E-state index is 13.5.